The van der Waals surface area contributed by atoms with Crippen molar-refractivity contribution in [3.63, 3.8) is 0 Å². The maximum Gasteiger partial charge on any atom is 0.264 e. The zero-order chi connectivity index (χ0) is 13.9. The number of carbonyl (C=O) groups excluding carboxylic acids is 1. The second kappa shape index (κ2) is 6.02. The van der Waals surface area contributed by atoms with Crippen LogP contribution in [-0.2, 0) is 4.79 Å². The van der Waals surface area contributed by atoms with Gasteiger partial charge in [-0.1, -0.05) is 36.6 Å². The zero-order valence-corrected chi connectivity index (χ0v) is 12.5. The molecule has 1 aliphatic carbocycles. The number of hydrogen-bond acceptors (Lipinski definition) is 3. The van der Waals surface area contributed by atoms with Gasteiger partial charge in [0.25, 0.3) is 5.91 Å². The van der Waals surface area contributed by atoms with E-state index in [1.165, 1.54) is 24.6 Å². The molecule has 2 fully saturated rings. The first-order chi connectivity index (χ1) is 9.70. The molecule has 0 aromatic heterocycles. The molecule has 0 unspecified atom stereocenters. The lowest BCUT2D eigenvalue weighted by molar-refractivity contribution is -0.115. The van der Waals surface area contributed by atoms with Crippen LogP contribution in [0, 0.1) is 0 Å². The van der Waals surface area contributed by atoms with Crippen LogP contribution in [0.4, 0.5) is 0 Å². The third-order valence-corrected chi connectivity index (χ3v) is 4.58. The van der Waals surface area contributed by atoms with Crippen molar-refractivity contribution < 1.29 is 4.79 Å². The summed E-state index contributed by atoms with van der Waals surface area (Å²) in [5, 5.41) is 4.24. The molecule has 20 heavy (non-hydrogen) atoms. The Morgan fingerprint density at radius 3 is 2.90 bits per heavy atom. The number of nitrogens with one attached hydrogen (secondary N) is 1. The quantitative estimate of drug-likeness (QED) is 0.843. The number of halogens is 1. The molecule has 1 saturated carbocycles. The number of benzene rings is 1. The fourth-order valence-electron chi connectivity index (χ4n) is 2.44. The van der Waals surface area contributed by atoms with Crippen LogP contribution in [0.15, 0.2) is 34.2 Å². The summed E-state index contributed by atoms with van der Waals surface area (Å²) in [6, 6.07) is 7.84. The lowest BCUT2D eigenvalue weighted by atomic mass is 10.2. The van der Waals surface area contributed by atoms with E-state index in [-0.39, 0.29) is 5.91 Å². The number of aliphatic imine (C=N–C) groups is 1. The summed E-state index contributed by atoms with van der Waals surface area (Å²) < 4.78 is 0. The summed E-state index contributed by atoms with van der Waals surface area (Å²) in [5.74, 6) is -0.0771. The Hall–Kier alpha value is -1.26. The van der Waals surface area contributed by atoms with Gasteiger partial charge in [0.05, 0.1) is 10.9 Å². The lowest BCUT2D eigenvalue weighted by Gasteiger charge is -2.02. The fourth-order valence-corrected chi connectivity index (χ4v) is 3.53. The minimum atomic E-state index is -0.0771. The molecule has 1 heterocycles. The number of thioether (sulfide) groups is 1. The van der Waals surface area contributed by atoms with E-state index in [0.717, 1.165) is 23.6 Å². The molecule has 5 heteroatoms. The highest BCUT2D eigenvalue weighted by atomic mass is 35.5. The maximum absolute atomic E-state index is 11.9. The van der Waals surface area contributed by atoms with Gasteiger partial charge in [0.15, 0.2) is 5.17 Å². The van der Waals surface area contributed by atoms with E-state index >= 15 is 0 Å². The summed E-state index contributed by atoms with van der Waals surface area (Å²) in [7, 11) is 0. The van der Waals surface area contributed by atoms with Gasteiger partial charge in [-0.3, -0.25) is 9.79 Å². The van der Waals surface area contributed by atoms with Crippen molar-refractivity contribution in [3.8, 4) is 0 Å². The Kier molecular flexibility index (Phi) is 4.13. The molecule has 1 saturated heterocycles. The van der Waals surface area contributed by atoms with E-state index in [4.69, 9.17) is 11.6 Å². The summed E-state index contributed by atoms with van der Waals surface area (Å²) in [4.78, 5) is 17.2. The van der Waals surface area contributed by atoms with Gasteiger partial charge in [0, 0.05) is 5.02 Å². The third kappa shape index (κ3) is 3.25. The van der Waals surface area contributed by atoms with Crippen molar-refractivity contribution in [1.82, 2.24) is 5.32 Å². The van der Waals surface area contributed by atoms with E-state index in [1.807, 2.05) is 30.3 Å². The van der Waals surface area contributed by atoms with E-state index in [1.54, 1.807) is 0 Å². The largest absolute Gasteiger partial charge is 0.301 e. The predicted octanol–water partition coefficient (Wildman–Crippen LogP) is 3.84. The molecular weight excluding hydrogens is 292 g/mol. The van der Waals surface area contributed by atoms with Crippen LogP contribution < -0.4 is 5.32 Å². The first-order valence-electron chi connectivity index (χ1n) is 6.75. The van der Waals surface area contributed by atoms with Gasteiger partial charge in [0.2, 0.25) is 0 Å². The molecular formula is C15H15ClN2OS. The molecule has 0 atom stereocenters. The molecule has 0 spiro atoms. The van der Waals surface area contributed by atoms with Gasteiger partial charge >= 0.3 is 0 Å². The summed E-state index contributed by atoms with van der Waals surface area (Å²) in [6.45, 7) is 0. The number of amidine groups is 1. The standard InChI is InChI=1S/C15H15ClN2OS/c16-11-5-3-4-10(8-11)9-13-14(19)18-15(20-13)17-12-6-1-2-7-12/h3-5,8-9,12H,1-2,6-7H2,(H,17,18,19)/b13-9-. The minimum Gasteiger partial charge on any atom is -0.301 e. The molecule has 3 rings (SSSR count). The topological polar surface area (TPSA) is 41.5 Å². The highest BCUT2D eigenvalue weighted by Crippen LogP contribution is 2.29. The Morgan fingerprint density at radius 2 is 2.15 bits per heavy atom. The number of hydrogen-bond donors (Lipinski definition) is 1. The van der Waals surface area contributed by atoms with Crippen molar-refractivity contribution in [2.75, 3.05) is 0 Å². The average molecular weight is 307 g/mol. The Labute approximate surface area is 127 Å². The van der Waals surface area contributed by atoms with Gasteiger partial charge < -0.3 is 5.32 Å². The highest BCUT2D eigenvalue weighted by molar-refractivity contribution is 8.18. The van der Waals surface area contributed by atoms with Crippen molar-refractivity contribution >= 4 is 40.5 Å². The number of rotatable bonds is 2. The Morgan fingerprint density at radius 1 is 1.35 bits per heavy atom. The molecule has 1 aromatic rings. The molecule has 1 aromatic carbocycles. The molecule has 3 nitrogen and oxygen atoms in total. The summed E-state index contributed by atoms with van der Waals surface area (Å²) in [5.41, 5.74) is 0.928. The van der Waals surface area contributed by atoms with Crippen LogP contribution in [-0.4, -0.2) is 17.1 Å². The Bertz CT molecular complexity index is 591. The van der Waals surface area contributed by atoms with E-state index in [9.17, 15) is 4.79 Å². The van der Waals surface area contributed by atoms with Crippen LogP contribution in [0.25, 0.3) is 6.08 Å². The normalized spacial score (nSPS) is 23.8. The van der Waals surface area contributed by atoms with Gasteiger partial charge in [-0.15, -0.1) is 0 Å². The van der Waals surface area contributed by atoms with Gasteiger partial charge in [-0.25, -0.2) is 0 Å². The monoisotopic (exact) mass is 306 g/mol. The van der Waals surface area contributed by atoms with Gasteiger partial charge in [-0.2, -0.15) is 0 Å². The minimum absolute atomic E-state index is 0.0771. The first-order valence-corrected chi connectivity index (χ1v) is 7.94. The van der Waals surface area contributed by atoms with Crippen molar-refractivity contribution in [1.29, 1.82) is 0 Å². The van der Waals surface area contributed by atoms with Crippen LogP contribution in [0.3, 0.4) is 0 Å². The molecule has 104 valence electrons. The molecule has 1 amide bonds. The third-order valence-electron chi connectivity index (χ3n) is 3.42. The van der Waals surface area contributed by atoms with Crippen molar-refractivity contribution in [2.45, 2.75) is 31.7 Å². The molecule has 0 radical (unpaired) electrons. The molecule has 2 aliphatic rings. The van der Waals surface area contributed by atoms with Crippen LogP contribution in [0.1, 0.15) is 31.2 Å². The lowest BCUT2D eigenvalue weighted by Crippen LogP contribution is -2.21. The number of amides is 1. The SMILES string of the molecule is O=C1NC(=NC2CCCC2)S/C1=C\c1cccc(Cl)c1. The van der Waals surface area contributed by atoms with Crippen LogP contribution >= 0.6 is 23.4 Å². The van der Waals surface area contributed by atoms with Gasteiger partial charge in [-0.05, 0) is 48.4 Å². The Balaban J connectivity index is 1.76. The number of nitrogens with zero attached hydrogens (tertiary/aromatic N) is 1. The van der Waals surface area contributed by atoms with Crippen LogP contribution in [0.5, 0.6) is 0 Å². The predicted molar refractivity (Wildman–Crippen MR) is 84.9 cm³/mol. The van der Waals surface area contributed by atoms with E-state index in [2.05, 4.69) is 10.3 Å². The second-order valence-electron chi connectivity index (χ2n) is 4.99. The van der Waals surface area contributed by atoms with Gasteiger partial charge in [0.1, 0.15) is 0 Å². The highest BCUT2D eigenvalue weighted by Gasteiger charge is 2.25. The van der Waals surface area contributed by atoms with E-state index < -0.39 is 0 Å². The number of carbonyl (C=O) groups is 1. The van der Waals surface area contributed by atoms with Crippen molar-refractivity contribution in [3.05, 3.63) is 39.8 Å². The molecule has 0 bridgehead atoms. The molecule has 1 aliphatic heterocycles. The van der Waals surface area contributed by atoms with Crippen molar-refractivity contribution in [2.24, 2.45) is 4.99 Å². The van der Waals surface area contributed by atoms with Crippen LogP contribution in [0.2, 0.25) is 5.02 Å². The van der Waals surface area contributed by atoms with E-state index in [0.29, 0.717) is 16.0 Å². The summed E-state index contributed by atoms with van der Waals surface area (Å²) in [6.07, 6.45) is 6.60. The second-order valence-corrected chi connectivity index (χ2v) is 6.46. The average Bonchev–Trinajstić information content (AvgIpc) is 3.01. The maximum atomic E-state index is 11.9. The molecule has 1 N–H and O–H groups in total. The smallest absolute Gasteiger partial charge is 0.264 e. The first kappa shape index (κ1) is 13.7. The summed E-state index contributed by atoms with van der Waals surface area (Å²) >= 11 is 7.36. The zero-order valence-electron chi connectivity index (χ0n) is 10.9. The fraction of sp³-hybridized carbons (Fsp3) is 0.333.